The zero-order chi connectivity index (χ0) is 15.5. The molecule has 0 fully saturated rings. The quantitative estimate of drug-likeness (QED) is 0.364. The van der Waals surface area contributed by atoms with Crippen molar-refractivity contribution in [2.75, 3.05) is 0 Å². The largest absolute Gasteiger partial charge is 0.432 e. The second kappa shape index (κ2) is 11.0. The summed E-state index contributed by atoms with van der Waals surface area (Å²) in [7, 11) is -4.73. The Balaban J connectivity index is 3.92. The molecule has 0 bridgehead atoms. The van der Waals surface area contributed by atoms with Gasteiger partial charge in [-0.15, -0.1) is 0 Å². The van der Waals surface area contributed by atoms with Crippen molar-refractivity contribution in [2.45, 2.75) is 103 Å². The van der Waals surface area contributed by atoms with E-state index in [0.717, 1.165) is 24.9 Å². The maximum absolute atomic E-state index is 10.8. The van der Waals surface area contributed by atoms with E-state index < -0.39 is 15.7 Å². The Kier molecular flexibility index (Phi) is 11.2. The topological polar surface area (TPSA) is 40.5 Å². The molecule has 0 aromatic rings. The van der Waals surface area contributed by atoms with Crippen LogP contribution in [0, 0.1) is 0 Å². The zero-order valence-corrected chi connectivity index (χ0v) is 16.4. The maximum atomic E-state index is 10.8. The summed E-state index contributed by atoms with van der Waals surface area (Å²) >= 11 is 0. The molecule has 2 N–H and O–H groups in total. The standard InChI is InChI=1S/C16H38O2Si2/c1-5-7-9-11-12-14-16-20(4,18)19(3,17)15-13-10-8-6-2/h17-18H,5-16H2,1-4H3. The van der Waals surface area contributed by atoms with E-state index >= 15 is 0 Å². The molecule has 122 valence electrons. The van der Waals surface area contributed by atoms with E-state index in [0.29, 0.717) is 0 Å². The van der Waals surface area contributed by atoms with Crippen LogP contribution in [0.4, 0.5) is 0 Å². The highest BCUT2D eigenvalue weighted by molar-refractivity contribution is 7.35. The van der Waals surface area contributed by atoms with Crippen molar-refractivity contribution >= 4 is 15.7 Å². The first-order chi connectivity index (χ1) is 9.37. The van der Waals surface area contributed by atoms with Crippen LogP contribution in [-0.4, -0.2) is 25.3 Å². The van der Waals surface area contributed by atoms with E-state index in [1.54, 1.807) is 0 Å². The van der Waals surface area contributed by atoms with Crippen LogP contribution < -0.4 is 0 Å². The summed E-state index contributed by atoms with van der Waals surface area (Å²) in [5.41, 5.74) is 0. The zero-order valence-electron chi connectivity index (χ0n) is 14.4. The second-order valence-electron chi connectivity index (χ2n) is 6.88. The van der Waals surface area contributed by atoms with Gasteiger partial charge in [0.05, 0.1) is 0 Å². The van der Waals surface area contributed by atoms with Crippen LogP contribution in [0.2, 0.25) is 25.2 Å². The number of rotatable bonds is 13. The smallest absolute Gasteiger partial charge is 0.203 e. The van der Waals surface area contributed by atoms with Crippen LogP contribution in [0.1, 0.15) is 78.1 Å². The molecule has 0 heterocycles. The van der Waals surface area contributed by atoms with Gasteiger partial charge in [0.15, 0.2) is 0 Å². The van der Waals surface area contributed by atoms with Crippen molar-refractivity contribution in [3.8, 4) is 0 Å². The van der Waals surface area contributed by atoms with Gasteiger partial charge in [0.1, 0.15) is 0 Å². The molecule has 0 aromatic carbocycles. The Morgan fingerprint density at radius 3 is 1.25 bits per heavy atom. The van der Waals surface area contributed by atoms with Crippen molar-refractivity contribution in [1.82, 2.24) is 0 Å². The fourth-order valence-corrected chi connectivity index (χ4v) is 9.93. The molecular formula is C16H38O2Si2. The molecule has 0 radical (unpaired) electrons. The van der Waals surface area contributed by atoms with Crippen LogP contribution in [0.5, 0.6) is 0 Å². The summed E-state index contributed by atoms with van der Waals surface area (Å²) in [4.78, 5) is 21.5. The molecule has 2 unspecified atom stereocenters. The summed E-state index contributed by atoms with van der Waals surface area (Å²) < 4.78 is 0. The van der Waals surface area contributed by atoms with Crippen LogP contribution in [0.25, 0.3) is 0 Å². The fraction of sp³-hybridized carbons (Fsp3) is 1.00. The maximum Gasteiger partial charge on any atom is 0.203 e. The Labute approximate surface area is 129 Å². The molecule has 0 amide bonds. The number of unbranched alkanes of at least 4 members (excludes halogenated alkanes) is 8. The van der Waals surface area contributed by atoms with Crippen LogP contribution >= 0.6 is 0 Å². The molecule has 0 saturated heterocycles. The normalized spacial score (nSPS) is 17.7. The van der Waals surface area contributed by atoms with E-state index in [2.05, 4.69) is 13.8 Å². The highest BCUT2D eigenvalue weighted by Gasteiger charge is 2.46. The van der Waals surface area contributed by atoms with E-state index in [9.17, 15) is 9.59 Å². The Morgan fingerprint density at radius 2 is 0.850 bits per heavy atom. The van der Waals surface area contributed by atoms with Gasteiger partial charge in [0.2, 0.25) is 15.7 Å². The molecule has 2 atom stereocenters. The lowest BCUT2D eigenvalue weighted by Crippen LogP contribution is -2.59. The highest BCUT2D eigenvalue weighted by Crippen LogP contribution is 2.27. The van der Waals surface area contributed by atoms with Gasteiger partial charge in [-0.3, -0.25) is 0 Å². The highest BCUT2D eigenvalue weighted by atomic mass is 29.3. The molecule has 0 saturated carbocycles. The first kappa shape index (κ1) is 20.4. The Bertz CT molecular complexity index is 231. The molecule has 2 nitrogen and oxygen atoms in total. The molecular weight excluding hydrogens is 280 g/mol. The Hall–Kier alpha value is 0.354. The van der Waals surface area contributed by atoms with Crippen molar-refractivity contribution < 1.29 is 9.59 Å². The van der Waals surface area contributed by atoms with E-state index in [-0.39, 0.29) is 0 Å². The summed E-state index contributed by atoms with van der Waals surface area (Å²) in [6.07, 6.45) is 12.4. The number of hydrogen-bond donors (Lipinski definition) is 2. The molecule has 0 spiro atoms. The van der Waals surface area contributed by atoms with Crippen molar-refractivity contribution in [3.05, 3.63) is 0 Å². The predicted molar refractivity (Wildman–Crippen MR) is 94.8 cm³/mol. The summed E-state index contributed by atoms with van der Waals surface area (Å²) in [5.74, 6) is 0. The van der Waals surface area contributed by atoms with Gasteiger partial charge in [-0.25, -0.2) is 0 Å². The lowest BCUT2D eigenvalue weighted by Gasteiger charge is -2.34. The lowest BCUT2D eigenvalue weighted by atomic mass is 10.1. The van der Waals surface area contributed by atoms with Gasteiger partial charge < -0.3 is 9.59 Å². The molecule has 0 rings (SSSR count). The first-order valence-corrected chi connectivity index (χ1v) is 15.1. The van der Waals surface area contributed by atoms with Gasteiger partial charge in [-0.05, 0) is 25.2 Å². The molecule has 0 aliphatic heterocycles. The monoisotopic (exact) mass is 318 g/mol. The first-order valence-electron chi connectivity index (χ1n) is 8.82. The molecule has 0 aliphatic carbocycles. The second-order valence-corrected chi connectivity index (χ2v) is 19.4. The van der Waals surface area contributed by atoms with Gasteiger partial charge >= 0.3 is 0 Å². The van der Waals surface area contributed by atoms with Crippen LogP contribution in [0.3, 0.4) is 0 Å². The van der Waals surface area contributed by atoms with Crippen molar-refractivity contribution in [1.29, 1.82) is 0 Å². The van der Waals surface area contributed by atoms with E-state index in [4.69, 9.17) is 0 Å². The predicted octanol–water partition coefficient (Wildman–Crippen LogP) is 5.14. The van der Waals surface area contributed by atoms with E-state index in [1.165, 1.54) is 51.4 Å². The third kappa shape index (κ3) is 8.60. The molecule has 0 aliphatic rings. The molecule has 4 heteroatoms. The molecule has 0 aromatic heterocycles. The summed E-state index contributed by atoms with van der Waals surface area (Å²) in [6, 6.07) is 1.81. The fourth-order valence-electron chi connectivity index (χ4n) is 2.68. The van der Waals surface area contributed by atoms with Crippen molar-refractivity contribution in [3.63, 3.8) is 0 Å². The minimum Gasteiger partial charge on any atom is -0.432 e. The van der Waals surface area contributed by atoms with Gasteiger partial charge in [-0.1, -0.05) is 78.1 Å². The van der Waals surface area contributed by atoms with E-state index in [1.807, 2.05) is 13.1 Å². The molecule has 20 heavy (non-hydrogen) atoms. The third-order valence-corrected chi connectivity index (χ3v) is 18.1. The average Bonchev–Trinajstić information content (AvgIpc) is 2.38. The number of hydrogen-bond acceptors (Lipinski definition) is 2. The van der Waals surface area contributed by atoms with Crippen molar-refractivity contribution in [2.24, 2.45) is 0 Å². The van der Waals surface area contributed by atoms with Crippen LogP contribution in [0.15, 0.2) is 0 Å². The van der Waals surface area contributed by atoms with Gasteiger partial charge in [-0.2, -0.15) is 0 Å². The Morgan fingerprint density at radius 1 is 0.550 bits per heavy atom. The van der Waals surface area contributed by atoms with Gasteiger partial charge in [0, 0.05) is 0 Å². The third-order valence-electron chi connectivity index (χ3n) is 4.69. The lowest BCUT2D eigenvalue weighted by molar-refractivity contribution is 0.497. The average molecular weight is 319 g/mol. The summed E-state index contributed by atoms with van der Waals surface area (Å²) in [6.45, 7) is 8.45. The minimum atomic E-state index is -2.37. The van der Waals surface area contributed by atoms with Gasteiger partial charge in [0.25, 0.3) is 0 Å². The van der Waals surface area contributed by atoms with Crippen LogP contribution in [-0.2, 0) is 0 Å². The minimum absolute atomic E-state index is 0.905. The summed E-state index contributed by atoms with van der Waals surface area (Å²) in [5, 5.41) is 0. The SMILES string of the molecule is CCCCCCCC[Si](C)(O)[Si](C)(O)CCCCCC.